The van der Waals surface area contributed by atoms with Gasteiger partial charge in [0.05, 0.1) is 11.8 Å². The van der Waals surface area contributed by atoms with Gasteiger partial charge >= 0.3 is 0 Å². The molecule has 1 fully saturated rings. The first-order chi connectivity index (χ1) is 11.8. The summed E-state index contributed by atoms with van der Waals surface area (Å²) in [6, 6.07) is 6.31. The molecule has 140 valence electrons. The van der Waals surface area contributed by atoms with Gasteiger partial charge in [-0.25, -0.2) is 12.7 Å². The summed E-state index contributed by atoms with van der Waals surface area (Å²) in [7, 11) is -3.15. The molecule has 2 rings (SSSR count). The Morgan fingerprint density at radius 3 is 2.40 bits per heavy atom. The average Bonchev–Trinajstić information content (AvgIpc) is 2.60. The molecule has 1 saturated heterocycles. The second-order valence-corrected chi connectivity index (χ2v) is 9.16. The van der Waals surface area contributed by atoms with E-state index in [1.54, 1.807) is 6.92 Å². The fraction of sp³-hybridized carbons (Fsp3) is 0.632. The monoisotopic (exact) mass is 366 g/mol. The Labute approximate surface area is 151 Å². The molecule has 0 spiro atoms. The van der Waals surface area contributed by atoms with Crippen LogP contribution in [0.4, 0.5) is 0 Å². The van der Waals surface area contributed by atoms with Crippen molar-refractivity contribution in [3.63, 3.8) is 0 Å². The van der Waals surface area contributed by atoms with Gasteiger partial charge < -0.3 is 5.32 Å². The Balaban J connectivity index is 1.99. The number of carbonyl (C=O) groups excluding carboxylic acids is 1. The highest BCUT2D eigenvalue weighted by Gasteiger charge is 2.31. The molecule has 1 aliphatic rings. The van der Waals surface area contributed by atoms with Crippen LogP contribution in [0.3, 0.4) is 0 Å². The summed E-state index contributed by atoms with van der Waals surface area (Å²) in [4.78, 5) is 12.7. The molecule has 0 aliphatic carbocycles. The molecule has 0 aromatic heterocycles. The Hall–Kier alpha value is -1.40. The summed E-state index contributed by atoms with van der Waals surface area (Å²) in [6.07, 6.45) is 2.02. The minimum Gasteiger partial charge on any atom is -0.349 e. The van der Waals surface area contributed by atoms with Crippen LogP contribution >= 0.6 is 0 Å². The molecular weight excluding hydrogens is 336 g/mol. The highest BCUT2D eigenvalue weighted by molar-refractivity contribution is 7.89. The predicted octanol–water partition coefficient (Wildman–Crippen LogP) is 2.93. The van der Waals surface area contributed by atoms with Gasteiger partial charge in [0.2, 0.25) is 15.9 Å². The maximum Gasteiger partial charge on any atom is 0.223 e. The minimum atomic E-state index is -3.15. The van der Waals surface area contributed by atoms with Crippen molar-refractivity contribution in [1.29, 1.82) is 0 Å². The number of amides is 1. The maximum atomic E-state index is 12.7. The van der Waals surface area contributed by atoms with E-state index in [9.17, 15) is 13.2 Å². The molecule has 5 nitrogen and oxygen atoms in total. The lowest BCUT2D eigenvalue weighted by molar-refractivity contribution is -0.126. The highest BCUT2D eigenvalue weighted by atomic mass is 32.2. The SMILES string of the molecule is CCC(NC(=O)C1CCN(S(=O)(=O)CC)CC1)c1ccc(C)cc1C. The van der Waals surface area contributed by atoms with Gasteiger partial charge in [-0.15, -0.1) is 0 Å². The van der Waals surface area contributed by atoms with Crippen LogP contribution in [0.15, 0.2) is 18.2 Å². The van der Waals surface area contributed by atoms with Gasteiger partial charge in [0, 0.05) is 19.0 Å². The van der Waals surface area contributed by atoms with Crippen LogP contribution in [0.1, 0.15) is 55.8 Å². The van der Waals surface area contributed by atoms with Crippen molar-refractivity contribution in [3.8, 4) is 0 Å². The number of piperidine rings is 1. The molecule has 1 amide bonds. The van der Waals surface area contributed by atoms with E-state index in [1.807, 2.05) is 0 Å². The quantitative estimate of drug-likeness (QED) is 0.842. The molecule has 1 N–H and O–H groups in total. The van der Waals surface area contributed by atoms with Crippen LogP contribution in [0.5, 0.6) is 0 Å². The van der Waals surface area contributed by atoms with Crippen molar-refractivity contribution in [1.82, 2.24) is 9.62 Å². The summed E-state index contributed by atoms with van der Waals surface area (Å²) in [5.74, 6) is 0.0533. The minimum absolute atomic E-state index is 0.00510. The molecule has 25 heavy (non-hydrogen) atoms. The third-order valence-corrected chi connectivity index (χ3v) is 6.99. The first kappa shape index (κ1) is 19.9. The van der Waals surface area contributed by atoms with Crippen molar-refractivity contribution >= 4 is 15.9 Å². The number of sulfonamides is 1. The molecule has 0 bridgehead atoms. The van der Waals surface area contributed by atoms with Crippen LogP contribution in [-0.2, 0) is 14.8 Å². The number of rotatable bonds is 6. The Morgan fingerprint density at radius 1 is 1.24 bits per heavy atom. The summed E-state index contributed by atoms with van der Waals surface area (Å²) in [5.41, 5.74) is 3.57. The van der Waals surface area contributed by atoms with E-state index in [2.05, 4.69) is 44.3 Å². The lowest BCUT2D eigenvalue weighted by Gasteiger charge is -2.31. The third kappa shape index (κ3) is 4.82. The lowest BCUT2D eigenvalue weighted by Crippen LogP contribution is -2.44. The smallest absolute Gasteiger partial charge is 0.223 e. The van der Waals surface area contributed by atoms with Gasteiger partial charge in [0.15, 0.2) is 0 Å². The van der Waals surface area contributed by atoms with Gasteiger partial charge in [-0.2, -0.15) is 0 Å². The van der Waals surface area contributed by atoms with Gasteiger partial charge in [-0.1, -0.05) is 30.7 Å². The number of carbonyl (C=O) groups is 1. The molecule has 1 unspecified atom stereocenters. The molecule has 1 aliphatic heterocycles. The van der Waals surface area contributed by atoms with Gasteiger partial charge in [-0.05, 0) is 51.2 Å². The summed E-state index contributed by atoms with van der Waals surface area (Å²) in [6.45, 7) is 8.74. The van der Waals surface area contributed by atoms with E-state index < -0.39 is 10.0 Å². The molecule has 0 radical (unpaired) electrons. The maximum absolute atomic E-state index is 12.7. The molecule has 0 saturated carbocycles. The first-order valence-corrected chi connectivity index (χ1v) is 10.7. The predicted molar refractivity (Wildman–Crippen MR) is 101 cm³/mol. The van der Waals surface area contributed by atoms with E-state index in [4.69, 9.17) is 0 Å². The van der Waals surface area contributed by atoms with Crippen LogP contribution in [0, 0.1) is 19.8 Å². The Kier molecular flexibility index (Phi) is 6.63. The average molecular weight is 367 g/mol. The van der Waals surface area contributed by atoms with Crippen molar-refractivity contribution in [2.45, 2.75) is 53.0 Å². The number of nitrogens with one attached hydrogen (secondary N) is 1. The zero-order chi connectivity index (χ0) is 18.6. The molecule has 1 aromatic carbocycles. The van der Waals surface area contributed by atoms with Gasteiger partial charge in [-0.3, -0.25) is 4.79 Å². The van der Waals surface area contributed by atoms with Crippen molar-refractivity contribution < 1.29 is 13.2 Å². The summed E-state index contributed by atoms with van der Waals surface area (Å²) >= 11 is 0. The van der Waals surface area contributed by atoms with Crippen LogP contribution in [0.2, 0.25) is 0 Å². The largest absolute Gasteiger partial charge is 0.349 e. The number of hydrogen-bond donors (Lipinski definition) is 1. The van der Waals surface area contributed by atoms with Crippen LogP contribution in [-0.4, -0.2) is 37.5 Å². The van der Waals surface area contributed by atoms with Gasteiger partial charge in [0.25, 0.3) is 0 Å². The Bertz CT molecular complexity index is 707. The number of nitrogens with zero attached hydrogens (tertiary/aromatic N) is 1. The Morgan fingerprint density at radius 2 is 1.88 bits per heavy atom. The second-order valence-electron chi connectivity index (χ2n) is 6.90. The van der Waals surface area contributed by atoms with E-state index >= 15 is 0 Å². The normalized spacial score (nSPS) is 18.1. The summed E-state index contributed by atoms with van der Waals surface area (Å²) in [5, 5.41) is 3.17. The van der Waals surface area contributed by atoms with E-state index in [-0.39, 0.29) is 23.6 Å². The lowest BCUT2D eigenvalue weighted by atomic mass is 9.94. The fourth-order valence-corrected chi connectivity index (χ4v) is 4.62. The van der Waals surface area contributed by atoms with Crippen LogP contribution in [0.25, 0.3) is 0 Å². The van der Waals surface area contributed by atoms with Crippen molar-refractivity contribution in [2.24, 2.45) is 5.92 Å². The zero-order valence-electron chi connectivity index (χ0n) is 15.7. The van der Waals surface area contributed by atoms with E-state index in [0.29, 0.717) is 25.9 Å². The van der Waals surface area contributed by atoms with Crippen molar-refractivity contribution in [3.05, 3.63) is 34.9 Å². The molecule has 1 aromatic rings. The fourth-order valence-electron chi connectivity index (χ4n) is 3.48. The third-order valence-electron chi connectivity index (χ3n) is 5.11. The number of aryl methyl sites for hydroxylation is 2. The van der Waals surface area contributed by atoms with Crippen molar-refractivity contribution in [2.75, 3.05) is 18.8 Å². The van der Waals surface area contributed by atoms with Gasteiger partial charge in [0.1, 0.15) is 0 Å². The molecule has 6 heteroatoms. The first-order valence-electron chi connectivity index (χ1n) is 9.13. The zero-order valence-corrected chi connectivity index (χ0v) is 16.5. The van der Waals surface area contributed by atoms with E-state index in [0.717, 1.165) is 12.0 Å². The van der Waals surface area contributed by atoms with E-state index in [1.165, 1.54) is 15.4 Å². The van der Waals surface area contributed by atoms with Crippen LogP contribution < -0.4 is 5.32 Å². The highest BCUT2D eigenvalue weighted by Crippen LogP contribution is 2.25. The number of benzene rings is 1. The second kappa shape index (κ2) is 8.32. The standard InChI is InChI=1S/C19H30N2O3S/c1-5-18(17-8-7-14(3)13-15(17)4)20-19(22)16-9-11-21(12-10-16)25(23,24)6-2/h7-8,13,16,18H,5-6,9-12H2,1-4H3,(H,20,22). The molecule has 1 atom stereocenters. The number of hydrogen-bond acceptors (Lipinski definition) is 3. The summed E-state index contributed by atoms with van der Waals surface area (Å²) < 4.78 is 25.4. The topological polar surface area (TPSA) is 66.5 Å². The molecule has 1 heterocycles. The molecular formula is C19H30N2O3S.